The van der Waals surface area contributed by atoms with Gasteiger partial charge in [-0.1, -0.05) is 13.8 Å². The van der Waals surface area contributed by atoms with Crippen LogP contribution in [0.4, 0.5) is 0 Å². The lowest BCUT2D eigenvalue weighted by molar-refractivity contribution is -0.125. The molecule has 3 N–H and O–H groups in total. The summed E-state index contributed by atoms with van der Waals surface area (Å²) >= 11 is 3.22. The summed E-state index contributed by atoms with van der Waals surface area (Å²) in [5.41, 5.74) is 5.09. The Kier molecular flexibility index (Phi) is 4.54. The summed E-state index contributed by atoms with van der Waals surface area (Å²) in [6.07, 6.45) is 2.38. The van der Waals surface area contributed by atoms with Crippen LogP contribution in [-0.2, 0) is 4.79 Å². The molecule has 0 aliphatic heterocycles. The van der Waals surface area contributed by atoms with Crippen molar-refractivity contribution in [3.05, 3.63) is 22.4 Å². The van der Waals surface area contributed by atoms with Crippen molar-refractivity contribution >= 4 is 27.7 Å². The van der Waals surface area contributed by atoms with Gasteiger partial charge < -0.3 is 4.98 Å². The van der Waals surface area contributed by atoms with E-state index in [1.807, 2.05) is 6.92 Å². The third kappa shape index (κ3) is 3.37. The molecule has 0 bridgehead atoms. The highest BCUT2D eigenvalue weighted by Crippen LogP contribution is 2.09. The van der Waals surface area contributed by atoms with Crippen LogP contribution in [0.5, 0.6) is 0 Å². The molecule has 88 valence electrons. The average Bonchev–Trinajstić information content (AvgIpc) is 2.71. The van der Waals surface area contributed by atoms with E-state index in [2.05, 4.69) is 31.8 Å². The molecular formula is C10H14BrN3O2. The van der Waals surface area contributed by atoms with Crippen LogP contribution in [0.1, 0.15) is 30.8 Å². The lowest BCUT2D eigenvalue weighted by Gasteiger charge is -2.10. The van der Waals surface area contributed by atoms with E-state index in [-0.39, 0.29) is 17.7 Å². The van der Waals surface area contributed by atoms with Crippen LogP contribution in [-0.4, -0.2) is 16.8 Å². The molecule has 1 atom stereocenters. The molecule has 0 fully saturated rings. The number of carbonyl (C=O) groups excluding carboxylic acids is 2. The summed E-state index contributed by atoms with van der Waals surface area (Å²) in [7, 11) is 0. The van der Waals surface area contributed by atoms with Gasteiger partial charge in [0.1, 0.15) is 5.69 Å². The zero-order valence-corrected chi connectivity index (χ0v) is 10.7. The van der Waals surface area contributed by atoms with Gasteiger partial charge in [0.15, 0.2) is 0 Å². The second kappa shape index (κ2) is 5.69. The summed E-state index contributed by atoms with van der Waals surface area (Å²) in [4.78, 5) is 25.6. The molecule has 6 heteroatoms. The first-order chi connectivity index (χ1) is 7.54. The van der Waals surface area contributed by atoms with Crippen LogP contribution in [0.15, 0.2) is 16.7 Å². The number of halogens is 1. The monoisotopic (exact) mass is 287 g/mol. The van der Waals surface area contributed by atoms with Gasteiger partial charge in [0.05, 0.1) is 0 Å². The molecular weight excluding hydrogens is 274 g/mol. The zero-order chi connectivity index (χ0) is 12.1. The minimum Gasteiger partial charge on any atom is -0.356 e. The first-order valence-corrected chi connectivity index (χ1v) is 5.78. The van der Waals surface area contributed by atoms with Gasteiger partial charge in [-0.2, -0.15) is 0 Å². The van der Waals surface area contributed by atoms with Crippen LogP contribution in [0.25, 0.3) is 0 Å². The average molecular weight is 288 g/mol. The predicted molar refractivity (Wildman–Crippen MR) is 63.6 cm³/mol. The Bertz CT molecular complexity index is 389. The fourth-order valence-corrected chi connectivity index (χ4v) is 1.34. The Labute approximate surface area is 102 Å². The van der Waals surface area contributed by atoms with Crippen molar-refractivity contribution in [1.82, 2.24) is 15.8 Å². The molecule has 0 spiro atoms. The Morgan fingerprint density at radius 1 is 1.50 bits per heavy atom. The number of hydrogen-bond acceptors (Lipinski definition) is 2. The lowest BCUT2D eigenvalue weighted by atomic mass is 10.1. The van der Waals surface area contributed by atoms with Crippen molar-refractivity contribution in [2.24, 2.45) is 5.92 Å². The van der Waals surface area contributed by atoms with E-state index < -0.39 is 0 Å². The minimum absolute atomic E-state index is 0.115. The van der Waals surface area contributed by atoms with E-state index >= 15 is 0 Å². The van der Waals surface area contributed by atoms with Crippen LogP contribution < -0.4 is 10.9 Å². The number of aromatic amines is 1. The Balaban J connectivity index is 2.44. The van der Waals surface area contributed by atoms with Gasteiger partial charge >= 0.3 is 0 Å². The highest BCUT2D eigenvalue weighted by atomic mass is 79.9. The van der Waals surface area contributed by atoms with Gasteiger partial charge in [-0.05, 0) is 28.4 Å². The fourth-order valence-electron chi connectivity index (χ4n) is 0.993. The number of hydrogen-bond donors (Lipinski definition) is 3. The molecule has 16 heavy (non-hydrogen) atoms. The van der Waals surface area contributed by atoms with E-state index in [0.717, 1.165) is 10.9 Å². The van der Waals surface area contributed by atoms with Crippen LogP contribution in [0, 0.1) is 5.92 Å². The third-order valence-electron chi connectivity index (χ3n) is 2.25. The van der Waals surface area contributed by atoms with Gasteiger partial charge in [-0.25, -0.2) is 0 Å². The van der Waals surface area contributed by atoms with E-state index in [9.17, 15) is 9.59 Å². The summed E-state index contributed by atoms with van der Waals surface area (Å²) in [5.74, 6) is -0.681. The van der Waals surface area contributed by atoms with Gasteiger partial charge in [0.25, 0.3) is 5.91 Å². The van der Waals surface area contributed by atoms with Crippen LogP contribution in [0.2, 0.25) is 0 Å². The standard InChI is InChI=1S/C10H14BrN3O2/c1-3-6(2)9(15)13-14-10(16)8-4-7(11)5-12-8/h4-6,12H,3H2,1-2H3,(H,13,15)(H,14,16). The Morgan fingerprint density at radius 2 is 2.19 bits per heavy atom. The molecule has 0 aliphatic carbocycles. The Hall–Kier alpha value is -1.30. The number of hydrazine groups is 1. The molecule has 0 saturated heterocycles. The van der Waals surface area contributed by atoms with Crippen molar-refractivity contribution in [2.45, 2.75) is 20.3 Å². The largest absolute Gasteiger partial charge is 0.356 e. The maximum absolute atomic E-state index is 11.5. The molecule has 0 radical (unpaired) electrons. The molecule has 0 aliphatic rings. The summed E-state index contributed by atoms with van der Waals surface area (Å²) in [6.45, 7) is 3.71. The summed E-state index contributed by atoms with van der Waals surface area (Å²) < 4.78 is 0.783. The number of nitrogens with one attached hydrogen (secondary N) is 3. The van der Waals surface area contributed by atoms with Crippen molar-refractivity contribution in [3.8, 4) is 0 Å². The highest BCUT2D eigenvalue weighted by Gasteiger charge is 2.12. The molecule has 1 aromatic heterocycles. The predicted octanol–water partition coefficient (Wildman–Crippen LogP) is 1.58. The van der Waals surface area contributed by atoms with Crippen LogP contribution >= 0.6 is 15.9 Å². The van der Waals surface area contributed by atoms with E-state index in [4.69, 9.17) is 0 Å². The molecule has 1 unspecified atom stereocenters. The molecule has 1 aromatic rings. The third-order valence-corrected chi connectivity index (χ3v) is 2.71. The lowest BCUT2D eigenvalue weighted by Crippen LogP contribution is -2.44. The highest BCUT2D eigenvalue weighted by molar-refractivity contribution is 9.10. The number of aromatic nitrogens is 1. The van der Waals surface area contributed by atoms with Gasteiger partial charge in [-0.15, -0.1) is 0 Å². The van der Waals surface area contributed by atoms with Crippen molar-refractivity contribution in [3.63, 3.8) is 0 Å². The number of H-pyrrole nitrogens is 1. The van der Waals surface area contributed by atoms with Crippen LogP contribution in [0.3, 0.4) is 0 Å². The maximum atomic E-state index is 11.5. The molecule has 5 nitrogen and oxygen atoms in total. The number of amides is 2. The van der Waals surface area contributed by atoms with E-state index in [0.29, 0.717) is 5.69 Å². The fraction of sp³-hybridized carbons (Fsp3) is 0.400. The van der Waals surface area contributed by atoms with Crippen molar-refractivity contribution in [1.29, 1.82) is 0 Å². The molecule has 1 rings (SSSR count). The first kappa shape index (κ1) is 12.8. The number of rotatable bonds is 3. The minimum atomic E-state index is -0.373. The molecule has 0 aromatic carbocycles. The summed E-state index contributed by atoms with van der Waals surface area (Å²) in [6, 6.07) is 1.63. The smallest absolute Gasteiger partial charge is 0.286 e. The van der Waals surface area contributed by atoms with Gasteiger partial charge in [0.2, 0.25) is 5.91 Å². The van der Waals surface area contributed by atoms with E-state index in [1.54, 1.807) is 19.2 Å². The van der Waals surface area contributed by atoms with E-state index in [1.165, 1.54) is 0 Å². The molecule has 0 saturated carbocycles. The Morgan fingerprint density at radius 3 is 2.69 bits per heavy atom. The second-order valence-electron chi connectivity index (χ2n) is 3.48. The SMILES string of the molecule is CCC(C)C(=O)NNC(=O)c1cc(Br)c[nH]1. The summed E-state index contributed by atoms with van der Waals surface area (Å²) in [5, 5.41) is 0. The molecule has 2 amide bonds. The topological polar surface area (TPSA) is 74.0 Å². The van der Waals surface area contributed by atoms with Crippen molar-refractivity contribution in [2.75, 3.05) is 0 Å². The quantitative estimate of drug-likeness (QED) is 0.739. The zero-order valence-electron chi connectivity index (χ0n) is 9.13. The normalized spacial score (nSPS) is 11.9. The first-order valence-electron chi connectivity index (χ1n) is 4.98. The second-order valence-corrected chi connectivity index (χ2v) is 4.40. The number of carbonyl (C=O) groups is 2. The maximum Gasteiger partial charge on any atom is 0.286 e. The van der Waals surface area contributed by atoms with Gasteiger partial charge in [-0.3, -0.25) is 20.4 Å². The van der Waals surface area contributed by atoms with Crippen molar-refractivity contribution < 1.29 is 9.59 Å². The van der Waals surface area contributed by atoms with Gasteiger partial charge in [0, 0.05) is 16.6 Å². The molecule has 1 heterocycles.